The second-order valence-corrected chi connectivity index (χ2v) is 5.19. The number of carbonyl (C=O) groups is 1. The Morgan fingerprint density at radius 3 is 2.61 bits per heavy atom. The summed E-state index contributed by atoms with van der Waals surface area (Å²) in [4.78, 5) is 12.2. The Morgan fingerprint density at radius 1 is 1.28 bits per heavy atom. The summed E-state index contributed by atoms with van der Waals surface area (Å²) in [5, 5.41) is 12.3. The van der Waals surface area contributed by atoms with E-state index in [4.69, 9.17) is 0 Å². The fraction of sp³-hybridized carbons (Fsp3) is 0.533. The van der Waals surface area contributed by atoms with E-state index in [-0.39, 0.29) is 24.3 Å². The van der Waals surface area contributed by atoms with E-state index in [2.05, 4.69) is 5.32 Å². The van der Waals surface area contributed by atoms with Crippen LogP contribution >= 0.6 is 0 Å². The van der Waals surface area contributed by atoms with Crippen LogP contribution in [0.15, 0.2) is 24.3 Å². The van der Waals surface area contributed by atoms with Crippen molar-refractivity contribution in [3.8, 4) is 0 Å². The highest BCUT2D eigenvalue weighted by Crippen LogP contribution is 2.30. The molecule has 0 aliphatic heterocycles. The number of aryl methyl sites for hydroxylation is 1. The molecule has 1 fully saturated rings. The number of anilines is 1. The van der Waals surface area contributed by atoms with Crippen LogP contribution in [0.2, 0.25) is 0 Å². The number of carbonyl (C=O) groups excluding carboxylic acids is 1. The lowest BCUT2D eigenvalue weighted by atomic mass is 9.79. The monoisotopic (exact) mass is 247 g/mol. The van der Waals surface area contributed by atoms with E-state index in [0.29, 0.717) is 0 Å². The van der Waals surface area contributed by atoms with Crippen LogP contribution in [0.3, 0.4) is 0 Å². The number of aliphatic hydroxyl groups is 1. The lowest BCUT2D eigenvalue weighted by Crippen LogP contribution is -2.33. The zero-order chi connectivity index (χ0) is 13.0. The number of hydrogen-bond donors (Lipinski definition) is 2. The van der Waals surface area contributed by atoms with Crippen LogP contribution in [0.1, 0.15) is 31.2 Å². The maximum atomic E-state index is 12.2. The van der Waals surface area contributed by atoms with Crippen molar-refractivity contribution < 1.29 is 9.90 Å². The zero-order valence-corrected chi connectivity index (χ0v) is 10.9. The molecule has 0 aromatic heterocycles. The van der Waals surface area contributed by atoms with Crippen LogP contribution < -0.4 is 5.32 Å². The summed E-state index contributed by atoms with van der Waals surface area (Å²) in [5.74, 6) is 0.145. The highest BCUT2D eigenvalue weighted by Gasteiger charge is 2.30. The third-order valence-electron chi connectivity index (χ3n) is 3.80. The van der Waals surface area contributed by atoms with Gasteiger partial charge in [0, 0.05) is 18.2 Å². The molecule has 0 spiro atoms. The second-order valence-electron chi connectivity index (χ2n) is 5.19. The van der Waals surface area contributed by atoms with Crippen molar-refractivity contribution in [3.05, 3.63) is 29.8 Å². The highest BCUT2D eigenvalue weighted by atomic mass is 16.3. The molecule has 0 bridgehead atoms. The number of amides is 1. The molecule has 2 unspecified atom stereocenters. The molecule has 1 aromatic rings. The van der Waals surface area contributed by atoms with Crippen LogP contribution in [0.4, 0.5) is 5.69 Å². The Morgan fingerprint density at radius 2 is 1.94 bits per heavy atom. The van der Waals surface area contributed by atoms with Gasteiger partial charge >= 0.3 is 0 Å². The van der Waals surface area contributed by atoms with Crippen molar-refractivity contribution in [2.75, 3.05) is 11.9 Å². The Balaban J connectivity index is 2.00. The number of aliphatic hydroxyl groups excluding tert-OH is 1. The minimum atomic E-state index is -0.0370. The topological polar surface area (TPSA) is 49.3 Å². The van der Waals surface area contributed by atoms with Gasteiger partial charge in [0.25, 0.3) is 0 Å². The average Bonchev–Trinajstić information content (AvgIpc) is 2.41. The van der Waals surface area contributed by atoms with Crippen LogP contribution in [-0.2, 0) is 4.79 Å². The van der Waals surface area contributed by atoms with E-state index in [1.165, 1.54) is 5.56 Å². The molecule has 1 saturated carbocycles. The van der Waals surface area contributed by atoms with Gasteiger partial charge in [-0.2, -0.15) is 0 Å². The van der Waals surface area contributed by atoms with E-state index in [1.54, 1.807) is 0 Å². The SMILES string of the molecule is Cc1ccc(NC(=O)C2CCCCC2CO)cc1. The molecule has 1 amide bonds. The first-order valence-corrected chi connectivity index (χ1v) is 6.69. The molecule has 0 saturated heterocycles. The largest absolute Gasteiger partial charge is 0.396 e. The summed E-state index contributed by atoms with van der Waals surface area (Å²) in [6, 6.07) is 7.81. The summed E-state index contributed by atoms with van der Waals surface area (Å²) in [7, 11) is 0. The lowest BCUT2D eigenvalue weighted by Gasteiger charge is -2.29. The Bertz CT molecular complexity index is 399. The average molecular weight is 247 g/mol. The van der Waals surface area contributed by atoms with Gasteiger partial charge in [-0.25, -0.2) is 0 Å². The number of rotatable bonds is 3. The zero-order valence-electron chi connectivity index (χ0n) is 10.9. The van der Waals surface area contributed by atoms with Crippen LogP contribution in [0.25, 0.3) is 0 Å². The lowest BCUT2D eigenvalue weighted by molar-refractivity contribution is -0.123. The van der Waals surface area contributed by atoms with E-state index in [1.807, 2.05) is 31.2 Å². The molecule has 2 rings (SSSR count). The molecule has 1 aliphatic rings. The maximum absolute atomic E-state index is 12.2. The third kappa shape index (κ3) is 3.10. The molecule has 18 heavy (non-hydrogen) atoms. The minimum absolute atomic E-state index is 0.0370. The Labute approximate surface area is 108 Å². The summed E-state index contributed by atoms with van der Waals surface area (Å²) in [6.45, 7) is 2.14. The predicted octanol–water partition coefficient (Wildman–Crippen LogP) is 2.73. The first-order valence-electron chi connectivity index (χ1n) is 6.69. The Hall–Kier alpha value is -1.35. The second kappa shape index (κ2) is 6.01. The molecular weight excluding hydrogens is 226 g/mol. The quantitative estimate of drug-likeness (QED) is 0.862. The first kappa shape index (κ1) is 13.1. The first-order chi connectivity index (χ1) is 8.70. The minimum Gasteiger partial charge on any atom is -0.396 e. The third-order valence-corrected chi connectivity index (χ3v) is 3.80. The fourth-order valence-corrected chi connectivity index (χ4v) is 2.64. The molecule has 3 heteroatoms. The number of hydrogen-bond acceptors (Lipinski definition) is 2. The van der Waals surface area contributed by atoms with Gasteiger partial charge < -0.3 is 10.4 Å². The molecule has 98 valence electrons. The fourth-order valence-electron chi connectivity index (χ4n) is 2.64. The number of nitrogens with one attached hydrogen (secondary N) is 1. The van der Waals surface area contributed by atoms with E-state index in [0.717, 1.165) is 31.4 Å². The molecular formula is C15H21NO2. The van der Waals surface area contributed by atoms with Gasteiger partial charge in [-0.3, -0.25) is 4.79 Å². The van der Waals surface area contributed by atoms with Crippen molar-refractivity contribution in [1.82, 2.24) is 0 Å². The summed E-state index contributed by atoms with van der Waals surface area (Å²) < 4.78 is 0. The van der Waals surface area contributed by atoms with Crippen molar-refractivity contribution in [3.63, 3.8) is 0 Å². The smallest absolute Gasteiger partial charge is 0.227 e. The normalized spacial score (nSPS) is 23.7. The van der Waals surface area contributed by atoms with Gasteiger partial charge in [0.2, 0.25) is 5.91 Å². The summed E-state index contributed by atoms with van der Waals surface area (Å²) in [5.41, 5.74) is 2.02. The predicted molar refractivity (Wildman–Crippen MR) is 72.3 cm³/mol. The van der Waals surface area contributed by atoms with Gasteiger partial charge in [-0.1, -0.05) is 30.5 Å². The summed E-state index contributed by atoms with van der Waals surface area (Å²) >= 11 is 0. The summed E-state index contributed by atoms with van der Waals surface area (Å²) in [6.07, 6.45) is 4.06. The van der Waals surface area contributed by atoms with Crippen LogP contribution in [0, 0.1) is 18.8 Å². The van der Waals surface area contributed by atoms with E-state index < -0.39 is 0 Å². The number of benzene rings is 1. The molecule has 2 N–H and O–H groups in total. The van der Waals surface area contributed by atoms with Crippen molar-refractivity contribution in [2.45, 2.75) is 32.6 Å². The van der Waals surface area contributed by atoms with Gasteiger partial charge in [0.1, 0.15) is 0 Å². The van der Waals surface area contributed by atoms with Gasteiger partial charge in [-0.05, 0) is 37.8 Å². The molecule has 0 heterocycles. The van der Waals surface area contributed by atoms with Crippen molar-refractivity contribution in [1.29, 1.82) is 0 Å². The van der Waals surface area contributed by atoms with Gasteiger partial charge in [-0.15, -0.1) is 0 Å². The molecule has 1 aliphatic carbocycles. The van der Waals surface area contributed by atoms with E-state index >= 15 is 0 Å². The molecule has 2 atom stereocenters. The van der Waals surface area contributed by atoms with Crippen molar-refractivity contribution >= 4 is 11.6 Å². The molecule has 1 aromatic carbocycles. The van der Waals surface area contributed by atoms with Gasteiger partial charge in [0.05, 0.1) is 0 Å². The van der Waals surface area contributed by atoms with Gasteiger partial charge in [0.15, 0.2) is 0 Å². The van der Waals surface area contributed by atoms with Crippen LogP contribution in [-0.4, -0.2) is 17.6 Å². The van der Waals surface area contributed by atoms with E-state index in [9.17, 15) is 9.90 Å². The molecule has 0 radical (unpaired) electrons. The Kier molecular flexibility index (Phi) is 4.37. The maximum Gasteiger partial charge on any atom is 0.227 e. The molecule has 3 nitrogen and oxygen atoms in total. The highest BCUT2D eigenvalue weighted by molar-refractivity contribution is 5.92. The standard InChI is InChI=1S/C15H21NO2/c1-11-6-8-13(9-7-11)16-15(18)14-5-3-2-4-12(14)10-17/h6-9,12,14,17H,2-5,10H2,1H3,(H,16,18). The van der Waals surface area contributed by atoms with Crippen molar-refractivity contribution in [2.24, 2.45) is 11.8 Å². The van der Waals surface area contributed by atoms with Crippen LogP contribution in [0.5, 0.6) is 0 Å².